The van der Waals surface area contributed by atoms with Crippen molar-refractivity contribution >= 4 is 39.7 Å². The molecule has 0 saturated heterocycles. The third kappa shape index (κ3) is 4.86. The first-order chi connectivity index (χ1) is 10.6. The van der Waals surface area contributed by atoms with Crippen molar-refractivity contribution in [3.05, 3.63) is 63.6 Å². The maximum Gasteiger partial charge on any atom is 0.280 e. The largest absolute Gasteiger partial charge is 0.480 e. The number of rotatable bonds is 5. The SMILES string of the molecule is C[C@@H](Oc1ccccc1Br)C(=O)N/N=C\c1ccc(Cl)cc1. The minimum absolute atomic E-state index is 0.332. The second kappa shape index (κ2) is 7.96. The number of hydrazone groups is 1. The van der Waals surface area contributed by atoms with Gasteiger partial charge in [-0.15, -0.1) is 0 Å². The summed E-state index contributed by atoms with van der Waals surface area (Å²) in [6, 6.07) is 14.5. The van der Waals surface area contributed by atoms with E-state index < -0.39 is 6.10 Å². The topological polar surface area (TPSA) is 50.7 Å². The fourth-order valence-electron chi connectivity index (χ4n) is 1.59. The molecule has 0 aliphatic carbocycles. The Labute approximate surface area is 142 Å². The number of hydrogen-bond acceptors (Lipinski definition) is 3. The average molecular weight is 382 g/mol. The molecule has 114 valence electrons. The predicted molar refractivity (Wildman–Crippen MR) is 91.4 cm³/mol. The highest BCUT2D eigenvalue weighted by Crippen LogP contribution is 2.24. The van der Waals surface area contributed by atoms with Crippen LogP contribution in [0.5, 0.6) is 5.75 Å². The van der Waals surface area contributed by atoms with E-state index in [4.69, 9.17) is 16.3 Å². The Morgan fingerprint density at radius 2 is 1.95 bits per heavy atom. The molecule has 0 heterocycles. The van der Waals surface area contributed by atoms with Crippen LogP contribution in [0.1, 0.15) is 12.5 Å². The maximum absolute atomic E-state index is 11.9. The van der Waals surface area contributed by atoms with Gasteiger partial charge in [-0.25, -0.2) is 5.43 Å². The van der Waals surface area contributed by atoms with Crippen LogP contribution in [0.3, 0.4) is 0 Å². The van der Waals surface area contributed by atoms with E-state index >= 15 is 0 Å². The van der Waals surface area contributed by atoms with Gasteiger partial charge >= 0.3 is 0 Å². The number of amides is 1. The lowest BCUT2D eigenvalue weighted by Crippen LogP contribution is -2.33. The third-order valence-electron chi connectivity index (χ3n) is 2.77. The van der Waals surface area contributed by atoms with E-state index in [9.17, 15) is 4.79 Å². The van der Waals surface area contributed by atoms with Crippen LogP contribution in [-0.2, 0) is 4.79 Å². The van der Waals surface area contributed by atoms with Gasteiger partial charge in [0.15, 0.2) is 6.10 Å². The highest BCUT2D eigenvalue weighted by Gasteiger charge is 2.14. The molecule has 0 radical (unpaired) electrons. The lowest BCUT2D eigenvalue weighted by molar-refractivity contribution is -0.127. The van der Waals surface area contributed by atoms with Crippen LogP contribution in [-0.4, -0.2) is 18.2 Å². The van der Waals surface area contributed by atoms with E-state index in [1.54, 1.807) is 43.5 Å². The molecular formula is C16H14BrClN2O2. The van der Waals surface area contributed by atoms with Gasteiger partial charge in [-0.3, -0.25) is 4.79 Å². The lowest BCUT2D eigenvalue weighted by atomic mass is 10.2. The van der Waals surface area contributed by atoms with E-state index in [1.165, 1.54) is 0 Å². The van der Waals surface area contributed by atoms with Crippen LogP contribution >= 0.6 is 27.5 Å². The van der Waals surface area contributed by atoms with Crippen LogP contribution in [0.25, 0.3) is 0 Å². The Morgan fingerprint density at radius 3 is 2.64 bits per heavy atom. The minimum Gasteiger partial charge on any atom is -0.480 e. The Hall–Kier alpha value is -1.85. The second-order valence-corrected chi connectivity index (χ2v) is 5.77. The molecule has 0 aliphatic rings. The first-order valence-electron chi connectivity index (χ1n) is 6.56. The van der Waals surface area contributed by atoms with Crippen molar-refractivity contribution in [2.45, 2.75) is 13.0 Å². The van der Waals surface area contributed by atoms with Gasteiger partial charge in [0.1, 0.15) is 5.75 Å². The first kappa shape index (κ1) is 16.5. The quantitative estimate of drug-likeness (QED) is 0.628. The van der Waals surface area contributed by atoms with E-state index in [2.05, 4.69) is 26.5 Å². The molecule has 1 amide bonds. The number of hydrogen-bond donors (Lipinski definition) is 1. The van der Waals surface area contributed by atoms with Gasteiger partial charge in [0, 0.05) is 5.02 Å². The van der Waals surface area contributed by atoms with Crippen LogP contribution in [0, 0.1) is 0 Å². The van der Waals surface area contributed by atoms with Crippen LogP contribution in [0.2, 0.25) is 5.02 Å². The van der Waals surface area contributed by atoms with E-state index in [0.29, 0.717) is 10.8 Å². The summed E-state index contributed by atoms with van der Waals surface area (Å²) in [5.74, 6) is 0.271. The molecule has 0 saturated carbocycles. The number of ether oxygens (including phenoxy) is 1. The molecule has 2 aromatic rings. The van der Waals surface area contributed by atoms with Gasteiger partial charge in [0.2, 0.25) is 0 Å². The number of carbonyl (C=O) groups is 1. The van der Waals surface area contributed by atoms with Crippen LogP contribution in [0.4, 0.5) is 0 Å². The van der Waals surface area contributed by atoms with Gasteiger partial charge in [0.25, 0.3) is 5.91 Å². The molecule has 0 aliphatic heterocycles. The van der Waals surface area contributed by atoms with Gasteiger partial charge in [-0.05, 0) is 52.7 Å². The Balaban J connectivity index is 1.89. The summed E-state index contributed by atoms with van der Waals surface area (Å²) in [4.78, 5) is 11.9. The van der Waals surface area contributed by atoms with Gasteiger partial charge in [-0.1, -0.05) is 35.9 Å². The standard InChI is InChI=1S/C16H14BrClN2O2/c1-11(22-15-5-3-2-4-14(15)17)16(21)20-19-10-12-6-8-13(18)9-7-12/h2-11H,1H3,(H,20,21)/b19-10-/t11-/m1/s1. The molecule has 6 heteroatoms. The van der Waals surface area contributed by atoms with E-state index in [0.717, 1.165) is 10.0 Å². The molecule has 1 N–H and O–H groups in total. The molecule has 2 aromatic carbocycles. The zero-order valence-electron chi connectivity index (χ0n) is 11.8. The Morgan fingerprint density at radius 1 is 1.27 bits per heavy atom. The van der Waals surface area contributed by atoms with Crippen molar-refractivity contribution in [3.63, 3.8) is 0 Å². The molecule has 0 fully saturated rings. The number of para-hydroxylation sites is 1. The summed E-state index contributed by atoms with van der Waals surface area (Å²) in [5, 5.41) is 4.55. The summed E-state index contributed by atoms with van der Waals surface area (Å²) in [5.41, 5.74) is 3.28. The monoisotopic (exact) mass is 380 g/mol. The lowest BCUT2D eigenvalue weighted by Gasteiger charge is -2.13. The first-order valence-corrected chi connectivity index (χ1v) is 7.73. The molecule has 0 bridgehead atoms. The molecular weight excluding hydrogens is 368 g/mol. The molecule has 0 spiro atoms. The fraction of sp³-hybridized carbons (Fsp3) is 0.125. The summed E-state index contributed by atoms with van der Waals surface area (Å²) in [7, 11) is 0. The van der Waals surface area contributed by atoms with E-state index in [1.807, 2.05) is 18.2 Å². The molecule has 22 heavy (non-hydrogen) atoms. The van der Waals surface area contributed by atoms with Crippen molar-refractivity contribution in [3.8, 4) is 5.75 Å². The number of nitrogens with one attached hydrogen (secondary N) is 1. The average Bonchev–Trinajstić information content (AvgIpc) is 2.51. The highest BCUT2D eigenvalue weighted by molar-refractivity contribution is 9.10. The van der Waals surface area contributed by atoms with Crippen molar-refractivity contribution in [1.82, 2.24) is 5.43 Å². The van der Waals surface area contributed by atoms with Crippen molar-refractivity contribution in [1.29, 1.82) is 0 Å². The van der Waals surface area contributed by atoms with Crippen molar-refractivity contribution in [2.24, 2.45) is 5.10 Å². The zero-order chi connectivity index (χ0) is 15.9. The number of halogens is 2. The summed E-state index contributed by atoms with van der Waals surface area (Å²) >= 11 is 9.16. The van der Waals surface area contributed by atoms with Crippen molar-refractivity contribution < 1.29 is 9.53 Å². The third-order valence-corrected chi connectivity index (χ3v) is 3.68. The second-order valence-electron chi connectivity index (χ2n) is 4.48. The molecule has 0 unspecified atom stereocenters. The summed E-state index contributed by atoms with van der Waals surface area (Å²) in [6.45, 7) is 1.66. The minimum atomic E-state index is -0.666. The summed E-state index contributed by atoms with van der Waals surface area (Å²) in [6.07, 6.45) is 0.875. The maximum atomic E-state index is 11.9. The smallest absolute Gasteiger partial charge is 0.280 e. The number of nitrogens with zero attached hydrogens (tertiary/aromatic N) is 1. The summed E-state index contributed by atoms with van der Waals surface area (Å²) < 4.78 is 6.37. The Kier molecular flexibility index (Phi) is 5.98. The number of carbonyl (C=O) groups excluding carboxylic acids is 1. The fourth-order valence-corrected chi connectivity index (χ4v) is 2.10. The Bertz CT molecular complexity index is 674. The predicted octanol–water partition coefficient (Wildman–Crippen LogP) is 4.02. The van der Waals surface area contributed by atoms with E-state index in [-0.39, 0.29) is 5.91 Å². The molecule has 1 atom stereocenters. The zero-order valence-corrected chi connectivity index (χ0v) is 14.1. The van der Waals surface area contributed by atoms with Gasteiger partial charge in [-0.2, -0.15) is 5.10 Å². The van der Waals surface area contributed by atoms with Crippen LogP contribution in [0.15, 0.2) is 58.1 Å². The van der Waals surface area contributed by atoms with Gasteiger partial charge in [0.05, 0.1) is 10.7 Å². The normalized spacial score (nSPS) is 12.1. The van der Waals surface area contributed by atoms with Gasteiger partial charge < -0.3 is 4.74 Å². The highest BCUT2D eigenvalue weighted by atomic mass is 79.9. The molecule has 4 nitrogen and oxygen atoms in total. The molecule has 2 rings (SSSR count). The van der Waals surface area contributed by atoms with Crippen LogP contribution < -0.4 is 10.2 Å². The number of benzene rings is 2. The molecule has 0 aromatic heterocycles. The van der Waals surface area contributed by atoms with Crippen molar-refractivity contribution in [2.75, 3.05) is 0 Å².